The van der Waals surface area contributed by atoms with Crippen molar-refractivity contribution in [3.63, 3.8) is 0 Å². The molecule has 2 rings (SSSR count). The van der Waals surface area contributed by atoms with Crippen molar-refractivity contribution in [2.75, 3.05) is 13.1 Å². The first kappa shape index (κ1) is 12.0. The summed E-state index contributed by atoms with van der Waals surface area (Å²) in [5, 5.41) is 0. The van der Waals surface area contributed by atoms with Gasteiger partial charge in [-0.2, -0.15) is 0 Å². The fourth-order valence-electron chi connectivity index (χ4n) is 2.17. The molecule has 1 fully saturated rings. The number of amides is 1. The zero-order chi connectivity index (χ0) is 12.3. The second-order valence-corrected chi connectivity index (χ2v) is 4.62. The van der Waals surface area contributed by atoms with Gasteiger partial charge < -0.3 is 0 Å². The van der Waals surface area contributed by atoms with Gasteiger partial charge in [0.1, 0.15) is 5.69 Å². The van der Waals surface area contributed by atoms with Crippen molar-refractivity contribution in [1.82, 2.24) is 15.3 Å². The number of carbonyl (C=O) groups excluding carboxylic acids is 1. The van der Waals surface area contributed by atoms with E-state index in [1.807, 2.05) is 12.1 Å². The largest absolute Gasteiger partial charge is 0.297 e. The van der Waals surface area contributed by atoms with E-state index in [4.69, 9.17) is 5.84 Å². The molecule has 1 saturated heterocycles. The van der Waals surface area contributed by atoms with Gasteiger partial charge in [0.2, 0.25) is 0 Å². The number of likely N-dealkylation sites (tertiary alicyclic amines) is 1. The average Bonchev–Trinajstić information content (AvgIpc) is 2.74. The molecule has 0 aliphatic carbocycles. The van der Waals surface area contributed by atoms with Crippen molar-refractivity contribution in [3.05, 3.63) is 29.6 Å². The summed E-state index contributed by atoms with van der Waals surface area (Å²) in [6, 6.07) is 5.45. The molecular formula is C12H18N4O. The summed E-state index contributed by atoms with van der Waals surface area (Å²) >= 11 is 0. The molecule has 0 aromatic carbocycles. The quantitative estimate of drug-likeness (QED) is 0.454. The van der Waals surface area contributed by atoms with Crippen LogP contribution in [0.1, 0.15) is 29.5 Å². The highest BCUT2D eigenvalue weighted by Crippen LogP contribution is 2.17. The Hall–Kier alpha value is -1.46. The van der Waals surface area contributed by atoms with Crippen molar-refractivity contribution < 1.29 is 4.79 Å². The molecule has 3 N–H and O–H groups in total. The van der Waals surface area contributed by atoms with Gasteiger partial charge in [-0.15, -0.1) is 0 Å². The van der Waals surface area contributed by atoms with Crippen LogP contribution in [0.5, 0.6) is 0 Å². The number of nitrogens with two attached hydrogens (primary N) is 1. The van der Waals surface area contributed by atoms with Crippen molar-refractivity contribution in [1.29, 1.82) is 0 Å². The molecule has 0 spiro atoms. The van der Waals surface area contributed by atoms with E-state index in [0.717, 1.165) is 31.2 Å². The van der Waals surface area contributed by atoms with Crippen molar-refractivity contribution >= 4 is 5.91 Å². The first-order chi connectivity index (χ1) is 8.19. The van der Waals surface area contributed by atoms with Crippen LogP contribution in [0, 0.1) is 5.92 Å². The summed E-state index contributed by atoms with van der Waals surface area (Å²) in [6.45, 7) is 5.27. The molecule has 1 aromatic rings. The highest BCUT2D eigenvalue weighted by Gasteiger charge is 2.19. The van der Waals surface area contributed by atoms with E-state index in [0.29, 0.717) is 5.69 Å². The van der Waals surface area contributed by atoms with E-state index in [1.54, 1.807) is 6.07 Å². The Kier molecular flexibility index (Phi) is 3.71. The van der Waals surface area contributed by atoms with E-state index in [1.165, 1.54) is 6.42 Å². The van der Waals surface area contributed by atoms with Crippen molar-refractivity contribution in [3.8, 4) is 0 Å². The number of hydrazine groups is 1. The molecule has 1 amide bonds. The predicted octanol–water partition coefficient (Wildman–Crippen LogP) is 0.527. The molecule has 1 aliphatic heterocycles. The number of nitrogen functional groups attached to an aromatic ring is 1. The molecular weight excluding hydrogens is 216 g/mol. The lowest BCUT2D eigenvalue weighted by Gasteiger charge is -2.14. The summed E-state index contributed by atoms with van der Waals surface area (Å²) in [4.78, 5) is 18.0. The Morgan fingerprint density at radius 3 is 3.12 bits per heavy atom. The molecule has 0 bridgehead atoms. The van der Waals surface area contributed by atoms with E-state index in [-0.39, 0.29) is 5.91 Å². The molecule has 1 aliphatic rings. The van der Waals surface area contributed by atoms with Crippen LogP contribution in [-0.4, -0.2) is 28.9 Å². The normalized spacial score (nSPS) is 20.5. The smallest absolute Gasteiger partial charge is 0.283 e. The molecule has 0 saturated carbocycles. The number of pyridine rings is 1. The summed E-state index contributed by atoms with van der Waals surface area (Å²) in [7, 11) is 0. The van der Waals surface area contributed by atoms with E-state index < -0.39 is 0 Å². The fraction of sp³-hybridized carbons (Fsp3) is 0.500. The van der Waals surface area contributed by atoms with Crippen LogP contribution in [0.4, 0.5) is 0 Å². The van der Waals surface area contributed by atoms with E-state index >= 15 is 0 Å². The maximum Gasteiger partial charge on any atom is 0.283 e. The second kappa shape index (κ2) is 5.25. The Balaban J connectivity index is 2.03. The maximum absolute atomic E-state index is 11.3. The lowest BCUT2D eigenvalue weighted by molar-refractivity contribution is 0.0948. The van der Waals surface area contributed by atoms with Crippen molar-refractivity contribution in [2.45, 2.75) is 19.9 Å². The van der Waals surface area contributed by atoms with E-state index in [9.17, 15) is 4.79 Å². The monoisotopic (exact) mass is 234 g/mol. The van der Waals surface area contributed by atoms with Gasteiger partial charge in [-0.3, -0.25) is 15.1 Å². The predicted molar refractivity (Wildman–Crippen MR) is 64.9 cm³/mol. The summed E-state index contributed by atoms with van der Waals surface area (Å²) in [6.07, 6.45) is 1.24. The number of hydrogen-bond acceptors (Lipinski definition) is 4. The summed E-state index contributed by atoms with van der Waals surface area (Å²) in [5.74, 6) is 5.50. The Bertz CT molecular complexity index is 407. The molecule has 17 heavy (non-hydrogen) atoms. The second-order valence-electron chi connectivity index (χ2n) is 4.62. The minimum absolute atomic E-state index is 0.346. The molecule has 1 atom stereocenters. The van der Waals surface area contributed by atoms with E-state index in [2.05, 4.69) is 22.2 Å². The molecule has 92 valence electrons. The lowest BCUT2D eigenvalue weighted by atomic mass is 10.2. The van der Waals surface area contributed by atoms with Gasteiger partial charge in [-0.1, -0.05) is 13.0 Å². The molecule has 2 heterocycles. The third-order valence-corrected chi connectivity index (χ3v) is 3.06. The van der Waals surface area contributed by atoms with Crippen LogP contribution in [0.2, 0.25) is 0 Å². The Labute approximate surface area is 101 Å². The molecule has 5 heteroatoms. The lowest BCUT2D eigenvalue weighted by Crippen LogP contribution is -2.31. The standard InChI is InChI=1S/C12H18N4O/c1-9-5-6-16(7-9)8-10-3-2-4-11(14-10)12(17)15-13/h2-4,9H,5-8,13H2,1H3,(H,15,17). The minimum atomic E-state index is -0.346. The minimum Gasteiger partial charge on any atom is -0.297 e. The van der Waals surface area contributed by atoms with Gasteiger partial charge in [0, 0.05) is 13.1 Å². The van der Waals surface area contributed by atoms with Gasteiger partial charge in [0.05, 0.1) is 5.69 Å². The zero-order valence-corrected chi connectivity index (χ0v) is 10.0. The average molecular weight is 234 g/mol. The first-order valence-corrected chi connectivity index (χ1v) is 5.88. The number of nitrogens with one attached hydrogen (secondary N) is 1. The fourth-order valence-corrected chi connectivity index (χ4v) is 2.17. The highest BCUT2D eigenvalue weighted by atomic mass is 16.2. The topological polar surface area (TPSA) is 71.2 Å². The van der Waals surface area contributed by atoms with Gasteiger partial charge in [-0.25, -0.2) is 10.8 Å². The molecule has 5 nitrogen and oxygen atoms in total. The highest BCUT2D eigenvalue weighted by molar-refractivity contribution is 5.91. The first-order valence-electron chi connectivity index (χ1n) is 5.88. The third kappa shape index (κ3) is 3.01. The molecule has 0 radical (unpaired) electrons. The number of hydrogen-bond donors (Lipinski definition) is 2. The van der Waals surface area contributed by atoms with Crippen molar-refractivity contribution in [2.24, 2.45) is 11.8 Å². The van der Waals surface area contributed by atoms with Crippen LogP contribution in [-0.2, 0) is 6.54 Å². The zero-order valence-electron chi connectivity index (χ0n) is 10.0. The van der Waals surface area contributed by atoms with Crippen LogP contribution >= 0.6 is 0 Å². The van der Waals surface area contributed by atoms with Crippen LogP contribution in [0.25, 0.3) is 0 Å². The van der Waals surface area contributed by atoms with Gasteiger partial charge >= 0.3 is 0 Å². The Morgan fingerprint density at radius 2 is 2.47 bits per heavy atom. The van der Waals surface area contributed by atoms with Crippen LogP contribution in [0.15, 0.2) is 18.2 Å². The van der Waals surface area contributed by atoms with Crippen LogP contribution < -0.4 is 11.3 Å². The van der Waals surface area contributed by atoms with Gasteiger partial charge in [0.15, 0.2) is 0 Å². The maximum atomic E-state index is 11.3. The number of rotatable bonds is 3. The number of carbonyl (C=O) groups is 1. The summed E-state index contributed by atoms with van der Waals surface area (Å²) < 4.78 is 0. The number of nitrogens with zero attached hydrogens (tertiary/aromatic N) is 2. The third-order valence-electron chi connectivity index (χ3n) is 3.06. The Morgan fingerprint density at radius 1 is 1.65 bits per heavy atom. The van der Waals surface area contributed by atoms with Crippen LogP contribution in [0.3, 0.4) is 0 Å². The SMILES string of the molecule is CC1CCN(Cc2cccc(C(=O)NN)n2)C1. The number of aromatic nitrogens is 1. The van der Waals surface area contributed by atoms with Gasteiger partial charge in [-0.05, 0) is 31.0 Å². The summed E-state index contributed by atoms with van der Waals surface area (Å²) in [5.41, 5.74) is 3.38. The van der Waals surface area contributed by atoms with Gasteiger partial charge in [0.25, 0.3) is 5.91 Å². The molecule has 1 unspecified atom stereocenters. The molecule has 1 aromatic heterocycles.